The minimum absolute atomic E-state index is 0.000432. The molecule has 1 aromatic heterocycles. The molecule has 0 saturated heterocycles. The highest BCUT2D eigenvalue weighted by molar-refractivity contribution is 6.35. The summed E-state index contributed by atoms with van der Waals surface area (Å²) in [4.78, 5) is 26.1. The average molecular weight is 471 g/mol. The van der Waals surface area contributed by atoms with Crippen LogP contribution in [-0.4, -0.2) is 28.8 Å². The van der Waals surface area contributed by atoms with Gasteiger partial charge in [0.15, 0.2) is 0 Å². The number of fused-ring (bicyclic) bond motifs is 1. The largest absolute Gasteiger partial charge is 0.383 e. The Labute approximate surface area is 194 Å². The van der Waals surface area contributed by atoms with Gasteiger partial charge < -0.3 is 16.8 Å². The van der Waals surface area contributed by atoms with Gasteiger partial charge in [0.05, 0.1) is 28.6 Å². The summed E-state index contributed by atoms with van der Waals surface area (Å²) in [5, 5.41) is 13.1. The van der Waals surface area contributed by atoms with Crippen LogP contribution in [0.15, 0.2) is 38.3 Å². The summed E-state index contributed by atoms with van der Waals surface area (Å²) in [6.07, 6.45) is 4.42. The van der Waals surface area contributed by atoms with Gasteiger partial charge in [0, 0.05) is 6.04 Å². The van der Waals surface area contributed by atoms with Crippen LogP contribution in [-0.2, 0) is 0 Å². The van der Waals surface area contributed by atoms with Crippen molar-refractivity contribution in [1.82, 2.24) is 14.9 Å². The molecule has 2 aliphatic rings. The maximum absolute atomic E-state index is 14.0. The number of rotatable bonds is 8. The van der Waals surface area contributed by atoms with Crippen molar-refractivity contribution < 1.29 is 4.39 Å². The zero-order valence-electron chi connectivity index (χ0n) is 17.9. The van der Waals surface area contributed by atoms with Gasteiger partial charge in [-0.05, 0) is 56.9 Å². The number of benzene rings is 1. The molecule has 5 N–H and O–H groups in total. The summed E-state index contributed by atoms with van der Waals surface area (Å²) in [7, 11) is 0. The molecule has 2 aromatic rings. The van der Waals surface area contributed by atoms with Crippen LogP contribution < -0.4 is 22.3 Å². The Hall–Kier alpha value is -3.29. The molecule has 172 valence electrons. The number of amidine groups is 1. The summed E-state index contributed by atoms with van der Waals surface area (Å²) in [6, 6.07) is 3.80. The number of aliphatic imine (C=N–C) groups is 2. The molecule has 1 heterocycles. The predicted molar refractivity (Wildman–Crippen MR) is 125 cm³/mol. The Balaban J connectivity index is 1.91. The molecule has 0 unspecified atom stereocenters. The molecule has 9 nitrogen and oxygen atoms in total. The molecular formula is C22H24ClFN8O. The zero-order chi connectivity index (χ0) is 23.7. The molecule has 11 heteroatoms. The second-order valence-corrected chi connectivity index (χ2v) is 8.60. The summed E-state index contributed by atoms with van der Waals surface area (Å²) in [5.74, 6) is 0.0884. The van der Waals surface area contributed by atoms with E-state index in [0.717, 1.165) is 38.2 Å². The van der Waals surface area contributed by atoms with Gasteiger partial charge in [0.25, 0.3) is 5.56 Å². The van der Waals surface area contributed by atoms with Crippen LogP contribution >= 0.6 is 11.6 Å². The van der Waals surface area contributed by atoms with Crippen LogP contribution in [0, 0.1) is 23.1 Å². The first-order valence-corrected chi connectivity index (χ1v) is 11.1. The van der Waals surface area contributed by atoms with Crippen molar-refractivity contribution in [2.45, 2.75) is 44.2 Å². The number of nitriles is 1. The van der Waals surface area contributed by atoms with E-state index in [4.69, 9.17) is 28.1 Å². The lowest BCUT2D eigenvalue weighted by Gasteiger charge is -2.32. The van der Waals surface area contributed by atoms with Gasteiger partial charge in [-0.15, -0.1) is 0 Å². The van der Waals surface area contributed by atoms with E-state index in [2.05, 4.69) is 22.0 Å². The van der Waals surface area contributed by atoms with Crippen molar-refractivity contribution in [3.63, 3.8) is 0 Å². The van der Waals surface area contributed by atoms with E-state index in [-0.39, 0.29) is 57.3 Å². The highest BCUT2D eigenvalue weighted by Crippen LogP contribution is 2.43. The van der Waals surface area contributed by atoms with E-state index in [0.29, 0.717) is 5.82 Å². The van der Waals surface area contributed by atoms with Crippen molar-refractivity contribution in [1.29, 1.82) is 5.26 Å². The molecule has 4 rings (SSSR count). The Bertz CT molecular complexity index is 1270. The van der Waals surface area contributed by atoms with Crippen LogP contribution in [0.1, 0.15) is 50.0 Å². The highest BCUT2D eigenvalue weighted by atomic mass is 35.5. The predicted octanol–water partition coefficient (Wildman–Crippen LogP) is 2.66. The summed E-state index contributed by atoms with van der Waals surface area (Å²) in [6.45, 7) is 3.47. The van der Waals surface area contributed by atoms with Crippen molar-refractivity contribution in [2.75, 3.05) is 6.67 Å². The van der Waals surface area contributed by atoms with Gasteiger partial charge in [0.1, 0.15) is 34.9 Å². The third-order valence-electron chi connectivity index (χ3n) is 6.08. The van der Waals surface area contributed by atoms with Crippen LogP contribution in [0.3, 0.4) is 0 Å². The first-order chi connectivity index (χ1) is 15.9. The van der Waals surface area contributed by atoms with E-state index in [9.17, 15) is 14.4 Å². The molecule has 33 heavy (non-hydrogen) atoms. The fraction of sp³-hybridized carbons (Fsp3) is 0.409. The molecule has 1 aromatic carbocycles. The van der Waals surface area contributed by atoms with Crippen LogP contribution in [0.25, 0.3) is 10.9 Å². The van der Waals surface area contributed by atoms with E-state index >= 15 is 0 Å². The van der Waals surface area contributed by atoms with Crippen LogP contribution in [0.4, 0.5) is 4.39 Å². The van der Waals surface area contributed by atoms with Gasteiger partial charge in [-0.3, -0.25) is 14.4 Å². The summed E-state index contributed by atoms with van der Waals surface area (Å²) < 4.78 is 15.7. The average Bonchev–Trinajstić information content (AvgIpc) is 3.57. The van der Waals surface area contributed by atoms with Gasteiger partial charge in [-0.1, -0.05) is 11.6 Å². The first-order valence-electron chi connectivity index (χ1n) is 10.7. The Morgan fingerprint density at radius 2 is 2.15 bits per heavy atom. The lowest BCUT2D eigenvalue weighted by atomic mass is 9.92. The highest BCUT2D eigenvalue weighted by Gasteiger charge is 2.38. The molecule has 0 aliphatic heterocycles. The van der Waals surface area contributed by atoms with E-state index in [1.54, 1.807) is 4.57 Å². The SMILES string of the molecule is C=N/C(N[C@H](c1nc2c(Cl)cc(F)cc2c(=O)n1C1CCC1)C1CC1)=C(C#N)\C(N)=N/CN. The molecule has 0 bridgehead atoms. The number of aromatic nitrogens is 2. The van der Waals surface area contributed by atoms with Gasteiger partial charge in [-0.2, -0.15) is 5.26 Å². The van der Waals surface area contributed by atoms with Crippen LogP contribution in [0.2, 0.25) is 5.02 Å². The smallest absolute Gasteiger partial charge is 0.261 e. The molecule has 0 amide bonds. The van der Waals surface area contributed by atoms with Crippen molar-refractivity contribution in [3.05, 3.63) is 50.5 Å². The number of nitrogens with zero attached hydrogens (tertiary/aromatic N) is 5. The van der Waals surface area contributed by atoms with Crippen molar-refractivity contribution >= 4 is 35.1 Å². The van der Waals surface area contributed by atoms with E-state index < -0.39 is 11.9 Å². The van der Waals surface area contributed by atoms with Gasteiger partial charge in [0.2, 0.25) is 0 Å². The number of hydrogen-bond acceptors (Lipinski definition) is 7. The third-order valence-corrected chi connectivity index (χ3v) is 6.37. The number of halogens is 2. The second kappa shape index (κ2) is 9.29. The molecule has 2 aliphatic carbocycles. The van der Waals surface area contributed by atoms with Gasteiger partial charge >= 0.3 is 0 Å². The maximum atomic E-state index is 14.0. The Kier molecular flexibility index (Phi) is 6.44. The van der Waals surface area contributed by atoms with Crippen molar-refractivity contribution in [3.8, 4) is 6.07 Å². The number of nitrogens with one attached hydrogen (secondary N) is 1. The zero-order valence-corrected chi connectivity index (χ0v) is 18.6. The Morgan fingerprint density at radius 1 is 1.42 bits per heavy atom. The summed E-state index contributed by atoms with van der Waals surface area (Å²) in [5.41, 5.74) is 11.2. The minimum Gasteiger partial charge on any atom is -0.383 e. The molecule has 0 spiro atoms. The first kappa shape index (κ1) is 22.9. The molecule has 2 fully saturated rings. The number of nitrogens with two attached hydrogens (primary N) is 2. The molecule has 2 saturated carbocycles. The fourth-order valence-corrected chi connectivity index (χ4v) is 4.29. The monoisotopic (exact) mass is 470 g/mol. The molecule has 0 radical (unpaired) electrons. The van der Waals surface area contributed by atoms with Gasteiger partial charge in [-0.25, -0.2) is 14.4 Å². The summed E-state index contributed by atoms with van der Waals surface area (Å²) >= 11 is 6.27. The fourth-order valence-electron chi connectivity index (χ4n) is 4.04. The number of hydrogen-bond donors (Lipinski definition) is 3. The Morgan fingerprint density at radius 3 is 2.70 bits per heavy atom. The van der Waals surface area contributed by atoms with Crippen LogP contribution in [0.5, 0.6) is 0 Å². The quantitative estimate of drug-likeness (QED) is 0.307. The lowest BCUT2D eigenvalue weighted by molar-refractivity contribution is 0.285. The minimum atomic E-state index is -0.592. The van der Waals surface area contributed by atoms with E-state index in [1.165, 1.54) is 6.07 Å². The topological polar surface area (TPSA) is 147 Å². The molecule has 1 atom stereocenters. The third kappa shape index (κ3) is 4.34. The second-order valence-electron chi connectivity index (χ2n) is 8.19. The van der Waals surface area contributed by atoms with Crippen molar-refractivity contribution in [2.24, 2.45) is 27.4 Å². The normalized spacial score (nSPS) is 18.3. The van der Waals surface area contributed by atoms with E-state index in [1.807, 2.05) is 6.07 Å². The standard InChI is InChI=1S/C22H24ClFN8O/c1-28-20(15(9-25)19(27)29-10-26)30-17(11-5-6-11)21-31-18-14(7-12(24)8-16(18)23)22(33)32(21)13-3-2-4-13/h7-8,11,13,17,30H,1-6,10,26H2,(H2,27,29)/b20-15+/t17-/m0/s1. The maximum Gasteiger partial charge on any atom is 0.261 e. The molecular weight excluding hydrogens is 447 g/mol. The lowest BCUT2D eigenvalue weighted by Crippen LogP contribution is -2.37.